The summed E-state index contributed by atoms with van der Waals surface area (Å²) >= 11 is 0. The Hall–Kier alpha value is -3.42. The number of benzene rings is 2. The number of para-hydroxylation sites is 2. The smallest absolute Gasteiger partial charge is 0.415 e. The van der Waals surface area contributed by atoms with Crippen LogP contribution < -0.4 is 10.1 Å². The Labute approximate surface area is 156 Å². The largest absolute Gasteiger partial charge is 0.456 e. The van der Waals surface area contributed by atoms with E-state index in [-0.39, 0.29) is 11.5 Å². The third-order valence-corrected chi connectivity index (χ3v) is 4.08. The lowest BCUT2D eigenvalue weighted by atomic mass is 9.97. The number of anilines is 1. The molecule has 2 aromatic carbocycles. The molecule has 0 saturated heterocycles. The van der Waals surface area contributed by atoms with Gasteiger partial charge in [-0.15, -0.1) is 5.10 Å². The van der Waals surface area contributed by atoms with Crippen LogP contribution >= 0.6 is 0 Å². The summed E-state index contributed by atoms with van der Waals surface area (Å²) < 4.78 is 11.6. The zero-order valence-corrected chi connectivity index (χ0v) is 15.2. The Morgan fingerprint density at radius 3 is 2.22 bits per heavy atom. The highest BCUT2D eigenvalue weighted by molar-refractivity contribution is 5.82. The SMILES string of the molecule is CC(C)(C)n1nnc(NC(=O)OC2c3ccccc3Oc3ccccc32)n1. The number of carbonyl (C=O) groups excluding carboxylic acids is 1. The average Bonchev–Trinajstić information content (AvgIpc) is 3.10. The highest BCUT2D eigenvalue weighted by Gasteiger charge is 2.30. The predicted octanol–water partition coefficient (Wildman–Crippen LogP) is 3.87. The van der Waals surface area contributed by atoms with E-state index in [4.69, 9.17) is 9.47 Å². The number of rotatable bonds is 2. The third-order valence-electron chi connectivity index (χ3n) is 4.08. The molecule has 1 N–H and O–H groups in total. The molecule has 0 saturated carbocycles. The van der Waals surface area contributed by atoms with Gasteiger partial charge in [0, 0.05) is 11.1 Å². The van der Waals surface area contributed by atoms with E-state index in [0.29, 0.717) is 11.5 Å². The highest BCUT2D eigenvalue weighted by atomic mass is 16.6. The molecule has 4 rings (SSSR count). The van der Waals surface area contributed by atoms with E-state index >= 15 is 0 Å². The van der Waals surface area contributed by atoms with Gasteiger partial charge < -0.3 is 9.47 Å². The molecular weight excluding hydrogens is 346 g/mol. The van der Waals surface area contributed by atoms with E-state index in [1.165, 1.54) is 4.80 Å². The average molecular weight is 365 g/mol. The number of hydrogen-bond acceptors (Lipinski definition) is 6. The zero-order chi connectivity index (χ0) is 19.0. The van der Waals surface area contributed by atoms with Gasteiger partial charge in [-0.3, -0.25) is 5.32 Å². The first-order valence-electron chi connectivity index (χ1n) is 8.56. The van der Waals surface area contributed by atoms with Crippen LogP contribution in [-0.2, 0) is 10.3 Å². The fourth-order valence-corrected chi connectivity index (χ4v) is 2.77. The number of aromatic nitrogens is 4. The Morgan fingerprint density at radius 1 is 1.07 bits per heavy atom. The molecule has 2 heterocycles. The summed E-state index contributed by atoms with van der Waals surface area (Å²) in [6.45, 7) is 5.81. The maximum atomic E-state index is 12.5. The summed E-state index contributed by atoms with van der Waals surface area (Å²) in [4.78, 5) is 13.9. The van der Waals surface area contributed by atoms with Gasteiger partial charge in [-0.1, -0.05) is 41.5 Å². The second-order valence-corrected chi connectivity index (χ2v) is 7.16. The first-order chi connectivity index (χ1) is 12.9. The van der Waals surface area contributed by atoms with Crippen molar-refractivity contribution in [2.24, 2.45) is 0 Å². The number of nitrogens with one attached hydrogen (secondary N) is 1. The molecule has 0 aliphatic carbocycles. The van der Waals surface area contributed by atoms with Crippen molar-refractivity contribution in [3.8, 4) is 11.5 Å². The quantitative estimate of drug-likeness (QED) is 0.741. The van der Waals surface area contributed by atoms with Gasteiger partial charge in [-0.2, -0.15) is 4.80 Å². The maximum absolute atomic E-state index is 12.5. The van der Waals surface area contributed by atoms with Gasteiger partial charge >= 0.3 is 6.09 Å². The van der Waals surface area contributed by atoms with E-state index in [9.17, 15) is 4.79 Å². The fraction of sp³-hybridized carbons (Fsp3) is 0.263. The molecule has 0 unspecified atom stereocenters. The molecule has 1 aliphatic heterocycles. The van der Waals surface area contributed by atoms with Gasteiger partial charge in [0.2, 0.25) is 0 Å². The number of amides is 1. The summed E-state index contributed by atoms with van der Waals surface area (Å²) in [5, 5.41) is 14.5. The molecule has 8 heteroatoms. The van der Waals surface area contributed by atoms with Gasteiger partial charge in [0.1, 0.15) is 11.5 Å². The summed E-state index contributed by atoms with van der Waals surface area (Å²) in [6, 6.07) is 14.9. The van der Waals surface area contributed by atoms with Crippen LogP contribution in [0.1, 0.15) is 38.0 Å². The summed E-state index contributed by atoms with van der Waals surface area (Å²) in [6.07, 6.45) is -1.26. The number of nitrogens with zero attached hydrogens (tertiary/aromatic N) is 4. The van der Waals surface area contributed by atoms with Crippen molar-refractivity contribution in [2.45, 2.75) is 32.4 Å². The number of hydrogen-bond donors (Lipinski definition) is 1. The Kier molecular flexibility index (Phi) is 4.02. The summed E-state index contributed by atoms with van der Waals surface area (Å²) in [5.41, 5.74) is 1.21. The second kappa shape index (κ2) is 6.39. The zero-order valence-electron chi connectivity index (χ0n) is 15.2. The lowest BCUT2D eigenvalue weighted by Gasteiger charge is -2.27. The van der Waals surface area contributed by atoms with Gasteiger partial charge in [0.05, 0.1) is 5.54 Å². The van der Waals surface area contributed by atoms with Crippen LogP contribution in [0.25, 0.3) is 0 Å². The van der Waals surface area contributed by atoms with Crippen molar-refractivity contribution in [1.82, 2.24) is 20.2 Å². The lowest BCUT2D eigenvalue weighted by molar-refractivity contribution is 0.125. The van der Waals surface area contributed by atoms with Gasteiger partial charge in [0.15, 0.2) is 6.10 Å². The molecule has 1 aromatic heterocycles. The summed E-state index contributed by atoms with van der Waals surface area (Å²) in [7, 11) is 0. The van der Waals surface area contributed by atoms with Gasteiger partial charge in [-0.25, -0.2) is 4.79 Å². The summed E-state index contributed by atoms with van der Waals surface area (Å²) in [5.74, 6) is 1.40. The monoisotopic (exact) mass is 365 g/mol. The molecule has 0 fully saturated rings. The van der Waals surface area contributed by atoms with Crippen LogP contribution in [-0.4, -0.2) is 26.3 Å². The molecule has 0 atom stereocenters. The minimum atomic E-state index is -0.667. The van der Waals surface area contributed by atoms with E-state index in [0.717, 1.165) is 11.1 Å². The Balaban J connectivity index is 1.57. The van der Waals surface area contributed by atoms with Crippen molar-refractivity contribution < 1.29 is 14.3 Å². The number of carbonyl (C=O) groups is 1. The highest BCUT2D eigenvalue weighted by Crippen LogP contribution is 2.44. The van der Waals surface area contributed by atoms with Crippen LogP contribution in [0.5, 0.6) is 11.5 Å². The third kappa shape index (κ3) is 3.33. The molecule has 1 aliphatic rings. The molecule has 0 bridgehead atoms. The Morgan fingerprint density at radius 2 is 1.67 bits per heavy atom. The molecule has 0 radical (unpaired) electrons. The van der Waals surface area contributed by atoms with Gasteiger partial charge in [-0.05, 0) is 38.1 Å². The van der Waals surface area contributed by atoms with Crippen LogP contribution in [0.3, 0.4) is 0 Å². The maximum Gasteiger partial charge on any atom is 0.415 e. The molecule has 0 spiro atoms. The van der Waals surface area contributed by atoms with Crippen LogP contribution in [0.15, 0.2) is 48.5 Å². The van der Waals surface area contributed by atoms with E-state index in [1.807, 2.05) is 69.3 Å². The van der Waals surface area contributed by atoms with Crippen molar-refractivity contribution in [2.75, 3.05) is 5.32 Å². The standard InChI is InChI=1S/C19H19N5O3/c1-19(2,3)24-22-17(21-23-24)20-18(25)27-16-12-8-4-6-10-14(12)26-15-11-7-5-9-13(15)16/h4-11,16H,1-3H3,(H,20,22,25). The fourth-order valence-electron chi connectivity index (χ4n) is 2.77. The first-order valence-corrected chi connectivity index (χ1v) is 8.56. The van der Waals surface area contributed by atoms with Crippen LogP contribution in [0.2, 0.25) is 0 Å². The molecular formula is C19H19N5O3. The number of fused-ring (bicyclic) bond motifs is 2. The normalized spacial score (nSPS) is 13.3. The molecule has 138 valence electrons. The molecule has 3 aromatic rings. The lowest BCUT2D eigenvalue weighted by Crippen LogP contribution is -2.25. The number of tetrazole rings is 1. The molecule has 8 nitrogen and oxygen atoms in total. The molecule has 27 heavy (non-hydrogen) atoms. The topological polar surface area (TPSA) is 91.2 Å². The van der Waals surface area contributed by atoms with E-state index in [2.05, 4.69) is 20.7 Å². The van der Waals surface area contributed by atoms with Gasteiger partial charge in [0.25, 0.3) is 5.95 Å². The van der Waals surface area contributed by atoms with Crippen molar-refractivity contribution >= 4 is 12.0 Å². The van der Waals surface area contributed by atoms with Crippen molar-refractivity contribution in [1.29, 1.82) is 0 Å². The first kappa shape index (κ1) is 17.0. The minimum Gasteiger partial charge on any atom is -0.456 e. The number of ether oxygens (including phenoxy) is 2. The van der Waals surface area contributed by atoms with Crippen LogP contribution in [0, 0.1) is 0 Å². The van der Waals surface area contributed by atoms with Crippen LogP contribution in [0.4, 0.5) is 10.7 Å². The van der Waals surface area contributed by atoms with Crippen molar-refractivity contribution in [3.63, 3.8) is 0 Å². The van der Waals surface area contributed by atoms with E-state index < -0.39 is 12.2 Å². The predicted molar refractivity (Wildman–Crippen MR) is 97.7 cm³/mol. The minimum absolute atomic E-state index is 0.0866. The molecule has 1 amide bonds. The van der Waals surface area contributed by atoms with E-state index in [1.54, 1.807) is 0 Å². The second-order valence-electron chi connectivity index (χ2n) is 7.16. The van der Waals surface area contributed by atoms with Crippen molar-refractivity contribution in [3.05, 3.63) is 59.7 Å². The Bertz CT molecular complexity index is 947.